The fourth-order valence-corrected chi connectivity index (χ4v) is 4.72. The van der Waals surface area contributed by atoms with Crippen LogP contribution in [-0.4, -0.2) is 67.1 Å². The molecule has 2 aromatic heterocycles. The Morgan fingerprint density at radius 2 is 1.83 bits per heavy atom. The van der Waals surface area contributed by atoms with E-state index in [9.17, 15) is 9.18 Å². The number of fused-ring (bicyclic) bond motifs is 2. The predicted octanol–water partition coefficient (Wildman–Crippen LogP) is 3.59. The largest absolute Gasteiger partial charge is 0.465 e. The number of pyridine rings is 1. The van der Waals surface area contributed by atoms with Crippen molar-refractivity contribution in [3.63, 3.8) is 0 Å². The van der Waals surface area contributed by atoms with Crippen LogP contribution in [0.2, 0.25) is 0 Å². The molecule has 0 atom stereocenters. The fraction of sp³-hybridized carbons (Fsp3) is 0.320. The molecule has 2 aliphatic rings. The van der Waals surface area contributed by atoms with Crippen molar-refractivity contribution in [3.05, 3.63) is 59.6 Å². The molecule has 0 spiro atoms. The molecule has 0 amide bonds. The summed E-state index contributed by atoms with van der Waals surface area (Å²) in [7, 11) is 1.32. The van der Waals surface area contributed by atoms with Crippen LogP contribution in [0.5, 0.6) is 0 Å². The summed E-state index contributed by atoms with van der Waals surface area (Å²) in [5.74, 6) is -1.21. The number of halogens is 2. The van der Waals surface area contributed by atoms with E-state index in [0.29, 0.717) is 67.6 Å². The highest BCUT2D eigenvalue weighted by Gasteiger charge is 2.31. The molecule has 0 unspecified atom stereocenters. The van der Waals surface area contributed by atoms with Crippen LogP contribution in [0, 0.1) is 11.6 Å². The maximum absolute atomic E-state index is 15.1. The minimum Gasteiger partial charge on any atom is -0.465 e. The Bertz CT molecular complexity index is 1460. The summed E-state index contributed by atoms with van der Waals surface area (Å²) in [6, 6.07) is 7.48. The van der Waals surface area contributed by atoms with Gasteiger partial charge in [-0.1, -0.05) is 0 Å². The second-order valence-electron chi connectivity index (χ2n) is 8.57. The molecule has 2 fully saturated rings. The lowest BCUT2D eigenvalue weighted by Gasteiger charge is -2.29. The second kappa shape index (κ2) is 8.54. The number of nitrogens with zero attached hydrogens (tertiary/aromatic N) is 4. The van der Waals surface area contributed by atoms with E-state index in [2.05, 4.69) is 9.88 Å². The number of carbonyl (C=O) groups excluding carboxylic acids is 1. The zero-order valence-corrected chi connectivity index (χ0v) is 19.0. The van der Waals surface area contributed by atoms with Crippen LogP contribution in [0.4, 0.5) is 14.5 Å². The van der Waals surface area contributed by atoms with Crippen LogP contribution in [0.15, 0.2) is 36.5 Å². The normalized spacial score (nSPS) is 16.6. The maximum atomic E-state index is 15.1. The third-order valence-corrected chi connectivity index (χ3v) is 6.57. The van der Waals surface area contributed by atoms with Gasteiger partial charge in [0, 0.05) is 25.0 Å². The van der Waals surface area contributed by atoms with E-state index < -0.39 is 17.6 Å². The minimum atomic E-state index is -0.620. The van der Waals surface area contributed by atoms with Crippen molar-refractivity contribution in [3.8, 4) is 5.69 Å². The molecule has 0 N–H and O–H groups in total. The lowest BCUT2D eigenvalue weighted by Crippen LogP contribution is -2.36. The summed E-state index contributed by atoms with van der Waals surface area (Å²) in [6.45, 7) is 3.31. The number of methoxy groups -OCH3 is 1. The van der Waals surface area contributed by atoms with Gasteiger partial charge in [0.1, 0.15) is 28.5 Å². The highest BCUT2D eigenvalue weighted by Crippen LogP contribution is 2.37. The van der Waals surface area contributed by atoms with Crippen LogP contribution < -0.4 is 4.90 Å². The van der Waals surface area contributed by atoms with Crippen LogP contribution in [0.25, 0.3) is 27.6 Å². The van der Waals surface area contributed by atoms with Gasteiger partial charge in [0.2, 0.25) is 0 Å². The number of aromatic nitrogens is 3. The lowest BCUT2D eigenvalue weighted by molar-refractivity contribution is 0.00449. The highest BCUT2D eigenvalue weighted by molar-refractivity contribution is 6.05. The van der Waals surface area contributed by atoms with Gasteiger partial charge < -0.3 is 19.1 Å². The van der Waals surface area contributed by atoms with E-state index in [0.717, 1.165) is 17.8 Å². The lowest BCUT2D eigenvalue weighted by atomic mass is 10.1. The number of benzene rings is 2. The van der Waals surface area contributed by atoms with Gasteiger partial charge in [0.25, 0.3) is 0 Å². The van der Waals surface area contributed by atoms with E-state index in [1.165, 1.54) is 13.3 Å². The summed E-state index contributed by atoms with van der Waals surface area (Å²) in [4.78, 5) is 23.8. The molecular formula is C25H22F2N4O4. The van der Waals surface area contributed by atoms with E-state index in [1.54, 1.807) is 16.7 Å². The average Bonchev–Trinajstić information content (AvgIpc) is 3.22. The molecule has 0 bridgehead atoms. The molecule has 0 radical (unpaired) electrons. The topological polar surface area (TPSA) is 78.7 Å². The number of imidazole rings is 1. The SMILES string of the molecule is COC(=O)c1cc(N2CCOCC2)cc2c1nc(C1COC1)n2-c1ccnc2c(F)ccc(F)c12. The van der Waals surface area contributed by atoms with Crippen LogP contribution in [0.1, 0.15) is 22.1 Å². The number of hydrogen-bond acceptors (Lipinski definition) is 7. The minimum absolute atomic E-state index is 0.0460. The number of anilines is 1. The summed E-state index contributed by atoms with van der Waals surface area (Å²) < 4.78 is 47.5. The van der Waals surface area contributed by atoms with Crippen molar-refractivity contribution in [2.45, 2.75) is 5.92 Å². The van der Waals surface area contributed by atoms with Crippen molar-refractivity contribution < 1.29 is 27.8 Å². The Balaban J connectivity index is 1.69. The highest BCUT2D eigenvalue weighted by atomic mass is 19.1. The van der Waals surface area contributed by atoms with Crippen molar-refractivity contribution in [2.24, 2.45) is 0 Å². The molecule has 2 saturated heterocycles. The zero-order valence-electron chi connectivity index (χ0n) is 19.0. The third-order valence-electron chi connectivity index (χ3n) is 6.57. The quantitative estimate of drug-likeness (QED) is 0.413. The average molecular weight is 480 g/mol. The number of carbonyl (C=O) groups is 1. The van der Waals surface area contributed by atoms with Crippen molar-refractivity contribution in [1.29, 1.82) is 0 Å². The first-order chi connectivity index (χ1) is 17.1. The van der Waals surface area contributed by atoms with Gasteiger partial charge >= 0.3 is 5.97 Å². The number of morpholine rings is 1. The summed E-state index contributed by atoms with van der Waals surface area (Å²) in [5.41, 5.74) is 2.44. The Hall–Kier alpha value is -3.63. The van der Waals surface area contributed by atoms with Crippen LogP contribution in [-0.2, 0) is 14.2 Å². The van der Waals surface area contributed by atoms with E-state index >= 15 is 4.39 Å². The number of esters is 1. The first kappa shape index (κ1) is 21.9. The second-order valence-corrected chi connectivity index (χ2v) is 8.57. The molecular weight excluding hydrogens is 458 g/mol. The van der Waals surface area contributed by atoms with E-state index in [1.807, 2.05) is 6.07 Å². The monoisotopic (exact) mass is 480 g/mol. The molecule has 4 aromatic rings. The third kappa shape index (κ3) is 3.52. The first-order valence-corrected chi connectivity index (χ1v) is 11.3. The van der Waals surface area contributed by atoms with Gasteiger partial charge in [-0.15, -0.1) is 0 Å². The van der Waals surface area contributed by atoms with E-state index in [4.69, 9.17) is 19.2 Å². The van der Waals surface area contributed by atoms with Gasteiger partial charge in [0.15, 0.2) is 0 Å². The summed E-state index contributed by atoms with van der Waals surface area (Å²) >= 11 is 0. The molecule has 2 aliphatic heterocycles. The molecule has 4 heterocycles. The molecule has 35 heavy (non-hydrogen) atoms. The van der Waals surface area contributed by atoms with Crippen molar-refractivity contribution in [1.82, 2.24) is 14.5 Å². The van der Waals surface area contributed by atoms with Crippen LogP contribution >= 0.6 is 0 Å². The fourth-order valence-electron chi connectivity index (χ4n) is 4.72. The Morgan fingerprint density at radius 1 is 1.06 bits per heavy atom. The van der Waals surface area contributed by atoms with Crippen LogP contribution in [0.3, 0.4) is 0 Å². The predicted molar refractivity (Wildman–Crippen MR) is 124 cm³/mol. The zero-order chi connectivity index (χ0) is 24.1. The summed E-state index contributed by atoms with van der Waals surface area (Å²) in [6.07, 6.45) is 1.44. The van der Waals surface area contributed by atoms with Crippen molar-refractivity contribution >= 4 is 33.6 Å². The molecule has 8 nitrogen and oxygen atoms in total. The standard InChI is InChI=1S/C25H22F2N4O4/c1-33-25(32)16-10-15(30-6-8-34-9-7-30)11-20-22(16)29-24(14-12-35-13-14)31(20)19-4-5-28-23-18(27)3-2-17(26)21(19)23/h2-5,10-11,14H,6-9,12-13H2,1H3. The van der Waals surface area contributed by atoms with Gasteiger partial charge in [0.05, 0.1) is 61.6 Å². The van der Waals surface area contributed by atoms with Gasteiger partial charge in [-0.25, -0.2) is 18.6 Å². The van der Waals surface area contributed by atoms with Gasteiger partial charge in [-0.2, -0.15) is 0 Å². The molecule has 0 saturated carbocycles. The van der Waals surface area contributed by atoms with E-state index in [-0.39, 0.29) is 16.8 Å². The Labute approximate surface area is 199 Å². The smallest absolute Gasteiger partial charge is 0.340 e. The number of ether oxygens (including phenoxy) is 3. The van der Waals surface area contributed by atoms with Gasteiger partial charge in [-0.05, 0) is 30.3 Å². The van der Waals surface area contributed by atoms with Gasteiger partial charge in [-0.3, -0.25) is 9.55 Å². The molecule has 0 aliphatic carbocycles. The Morgan fingerprint density at radius 3 is 2.54 bits per heavy atom. The maximum Gasteiger partial charge on any atom is 0.340 e. The first-order valence-electron chi connectivity index (χ1n) is 11.3. The molecule has 2 aromatic carbocycles. The molecule has 6 rings (SSSR count). The number of hydrogen-bond donors (Lipinski definition) is 0. The Kier molecular flexibility index (Phi) is 5.34. The van der Waals surface area contributed by atoms with Crippen molar-refractivity contribution in [2.75, 3.05) is 51.5 Å². The molecule has 10 heteroatoms. The summed E-state index contributed by atoms with van der Waals surface area (Å²) in [5, 5.41) is 0.0460. The molecule has 180 valence electrons. The number of rotatable bonds is 4.